The molecule has 4 nitrogen and oxygen atoms in total. The average Bonchev–Trinajstić information content (AvgIpc) is 2.31. The topological polar surface area (TPSA) is 44.8 Å². The molecular formula is C6H10O4. The first-order valence-corrected chi connectivity index (χ1v) is 3.28. The molecular weight excluding hydrogens is 136 g/mol. The van der Waals surface area contributed by atoms with Gasteiger partial charge in [0.2, 0.25) is 6.29 Å². The van der Waals surface area contributed by atoms with Crippen LogP contribution in [-0.2, 0) is 14.2 Å². The van der Waals surface area contributed by atoms with Crippen LogP contribution in [0.25, 0.3) is 0 Å². The predicted molar refractivity (Wildman–Crippen MR) is 32.5 cm³/mol. The van der Waals surface area contributed by atoms with E-state index in [1.165, 1.54) is 0 Å². The van der Waals surface area contributed by atoms with Gasteiger partial charge in [-0.15, -0.1) is 0 Å². The maximum Gasteiger partial charge on any atom is 0.510 e. The molecule has 1 atom stereocenters. The Hall–Kier alpha value is -0.770. The first-order valence-electron chi connectivity index (χ1n) is 3.28. The summed E-state index contributed by atoms with van der Waals surface area (Å²) in [6.07, 6.45) is -0.206. The van der Waals surface area contributed by atoms with E-state index < -0.39 is 12.4 Å². The Morgan fingerprint density at radius 3 is 3.10 bits per heavy atom. The summed E-state index contributed by atoms with van der Waals surface area (Å²) in [6, 6.07) is 0. The Bertz CT molecular complexity index is 123. The number of rotatable bonds is 3. The Balaban J connectivity index is 2.12. The highest BCUT2D eigenvalue weighted by molar-refractivity contribution is 5.61. The molecule has 0 aromatic rings. The Kier molecular flexibility index (Phi) is 2.50. The lowest BCUT2D eigenvalue weighted by atomic mass is 10.5. The molecule has 1 heterocycles. The molecule has 1 aliphatic heterocycles. The van der Waals surface area contributed by atoms with Crippen LogP contribution in [0.5, 0.6) is 0 Å². The van der Waals surface area contributed by atoms with Crippen LogP contribution in [0.4, 0.5) is 4.79 Å². The lowest BCUT2D eigenvalue weighted by Crippen LogP contribution is -2.14. The van der Waals surface area contributed by atoms with E-state index in [0.29, 0.717) is 6.61 Å². The normalized spacial score (nSPS) is 24.1. The summed E-state index contributed by atoms with van der Waals surface area (Å²) in [5.74, 6) is 0. The zero-order valence-corrected chi connectivity index (χ0v) is 5.83. The maximum absolute atomic E-state index is 10.3. The smallest absolute Gasteiger partial charge is 0.428 e. The number of carbonyl (C=O) groups excluding carboxylic acids is 1. The van der Waals surface area contributed by atoms with Crippen molar-refractivity contribution in [3.63, 3.8) is 0 Å². The molecule has 58 valence electrons. The molecule has 0 N–H and O–H groups in total. The van der Waals surface area contributed by atoms with E-state index in [4.69, 9.17) is 4.74 Å². The summed E-state index contributed by atoms with van der Waals surface area (Å²) >= 11 is 0. The summed E-state index contributed by atoms with van der Waals surface area (Å²) in [4.78, 5) is 10.3. The third-order valence-corrected chi connectivity index (χ3v) is 1.07. The van der Waals surface area contributed by atoms with Gasteiger partial charge in [-0.25, -0.2) is 4.79 Å². The van der Waals surface area contributed by atoms with Gasteiger partial charge in [-0.3, -0.25) is 0 Å². The van der Waals surface area contributed by atoms with Gasteiger partial charge in [-0.2, -0.15) is 0 Å². The molecule has 4 heteroatoms. The minimum absolute atomic E-state index is 0.221. The van der Waals surface area contributed by atoms with Crippen LogP contribution in [0, 0.1) is 0 Å². The van der Waals surface area contributed by atoms with Gasteiger partial charge in [0.15, 0.2) is 6.61 Å². The van der Waals surface area contributed by atoms with Crippen LogP contribution in [0.3, 0.4) is 0 Å². The van der Waals surface area contributed by atoms with Crippen LogP contribution < -0.4 is 0 Å². The van der Waals surface area contributed by atoms with E-state index in [1.54, 1.807) is 0 Å². The van der Waals surface area contributed by atoms with Gasteiger partial charge in [0, 0.05) is 0 Å². The van der Waals surface area contributed by atoms with Crippen molar-refractivity contribution in [3.05, 3.63) is 0 Å². The zero-order valence-electron chi connectivity index (χ0n) is 5.83. The summed E-state index contributed by atoms with van der Waals surface area (Å²) in [7, 11) is 0. The molecule has 1 aliphatic rings. The third-order valence-electron chi connectivity index (χ3n) is 1.07. The van der Waals surface area contributed by atoms with E-state index >= 15 is 0 Å². The molecule has 1 rings (SSSR count). The van der Waals surface area contributed by atoms with Crippen molar-refractivity contribution < 1.29 is 19.0 Å². The van der Waals surface area contributed by atoms with Crippen molar-refractivity contribution in [2.75, 3.05) is 13.2 Å². The van der Waals surface area contributed by atoms with Gasteiger partial charge in [0.05, 0.1) is 6.61 Å². The molecule has 0 bridgehead atoms. The zero-order chi connectivity index (χ0) is 7.40. The Labute approximate surface area is 59.1 Å². The molecule has 0 spiro atoms. The Morgan fingerprint density at radius 2 is 2.60 bits per heavy atom. The number of carbonyl (C=O) groups is 1. The largest absolute Gasteiger partial charge is 0.510 e. The predicted octanol–water partition coefficient (Wildman–Crippen LogP) is 0.906. The molecule has 1 fully saturated rings. The first-order chi connectivity index (χ1) is 4.83. The van der Waals surface area contributed by atoms with Crippen LogP contribution in [0.2, 0.25) is 0 Å². The van der Waals surface area contributed by atoms with Crippen LogP contribution in [-0.4, -0.2) is 25.7 Å². The van der Waals surface area contributed by atoms with Crippen molar-refractivity contribution in [1.82, 2.24) is 0 Å². The van der Waals surface area contributed by atoms with E-state index in [2.05, 4.69) is 9.47 Å². The first kappa shape index (κ1) is 7.34. The highest BCUT2D eigenvalue weighted by Crippen LogP contribution is 2.06. The molecule has 1 saturated heterocycles. The second-order valence-corrected chi connectivity index (χ2v) is 1.98. The lowest BCUT2D eigenvalue weighted by molar-refractivity contribution is -0.0767. The fourth-order valence-corrected chi connectivity index (χ4v) is 0.643. The van der Waals surface area contributed by atoms with Crippen molar-refractivity contribution >= 4 is 6.16 Å². The van der Waals surface area contributed by atoms with Gasteiger partial charge in [0.25, 0.3) is 0 Å². The molecule has 0 aromatic carbocycles. The summed E-state index contributed by atoms with van der Waals surface area (Å²) in [6.45, 7) is 2.80. The molecule has 10 heavy (non-hydrogen) atoms. The SMILES string of the molecule is CCCOC1COC(=O)O1. The second-order valence-electron chi connectivity index (χ2n) is 1.98. The highest BCUT2D eigenvalue weighted by atomic mass is 16.8. The monoisotopic (exact) mass is 146 g/mol. The van der Waals surface area contributed by atoms with E-state index in [1.807, 2.05) is 6.92 Å². The van der Waals surface area contributed by atoms with Gasteiger partial charge in [-0.05, 0) is 6.42 Å². The van der Waals surface area contributed by atoms with Crippen molar-refractivity contribution in [2.24, 2.45) is 0 Å². The van der Waals surface area contributed by atoms with Gasteiger partial charge >= 0.3 is 6.16 Å². The number of hydrogen-bond donors (Lipinski definition) is 0. The van der Waals surface area contributed by atoms with Crippen LogP contribution in [0.15, 0.2) is 0 Å². The number of ether oxygens (including phenoxy) is 3. The maximum atomic E-state index is 10.3. The molecule has 0 amide bonds. The van der Waals surface area contributed by atoms with Crippen LogP contribution >= 0.6 is 0 Å². The van der Waals surface area contributed by atoms with E-state index in [9.17, 15) is 4.79 Å². The van der Waals surface area contributed by atoms with E-state index in [-0.39, 0.29) is 6.61 Å². The van der Waals surface area contributed by atoms with Crippen molar-refractivity contribution in [3.8, 4) is 0 Å². The highest BCUT2D eigenvalue weighted by Gasteiger charge is 2.24. The molecule has 0 aliphatic carbocycles. The minimum atomic E-state index is -0.638. The third kappa shape index (κ3) is 1.88. The standard InChI is InChI=1S/C6H10O4/c1-2-3-8-5-4-9-6(7)10-5/h5H,2-4H2,1H3. The molecule has 0 radical (unpaired) electrons. The number of hydrogen-bond acceptors (Lipinski definition) is 4. The Morgan fingerprint density at radius 1 is 1.80 bits per heavy atom. The quantitative estimate of drug-likeness (QED) is 0.555. The van der Waals surface area contributed by atoms with Gasteiger partial charge in [-0.1, -0.05) is 6.92 Å². The van der Waals surface area contributed by atoms with Crippen LogP contribution in [0.1, 0.15) is 13.3 Å². The summed E-state index contributed by atoms with van der Waals surface area (Å²) < 4.78 is 14.1. The minimum Gasteiger partial charge on any atom is -0.428 e. The van der Waals surface area contributed by atoms with Gasteiger partial charge < -0.3 is 14.2 Å². The van der Waals surface area contributed by atoms with Crippen molar-refractivity contribution in [2.45, 2.75) is 19.6 Å². The lowest BCUT2D eigenvalue weighted by Gasteiger charge is -2.05. The second kappa shape index (κ2) is 3.41. The van der Waals surface area contributed by atoms with Gasteiger partial charge in [0.1, 0.15) is 0 Å². The average molecular weight is 146 g/mol. The number of cyclic esters (lactones) is 2. The summed E-state index contributed by atoms with van der Waals surface area (Å²) in [5, 5.41) is 0. The fraction of sp³-hybridized carbons (Fsp3) is 0.833. The van der Waals surface area contributed by atoms with Crippen molar-refractivity contribution in [1.29, 1.82) is 0 Å². The fourth-order valence-electron chi connectivity index (χ4n) is 0.643. The summed E-state index contributed by atoms with van der Waals surface area (Å²) in [5.41, 5.74) is 0. The molecule has 0 saturated carbocycles. The molecule has 0 aromatic heterocycles. The molecule has 1 unspecified atom stereocenters. The van der Waals surface area contributed by atoms with E-state index in [0.717, 1.165) is 6.42 Å².